The number of allylic oxidation sites excluding steroid dienone is 1. The van der Waals surface area contributed by atoms with Crippen molar-refractivity contribution in [3.05, 3.63) is 12.7 Å². The smallest absolute Gasteiger partial charge is 0.0703 e. The second-order valence-electron chi connectivity index (χ2n) is 4.82. The van der Waals surface area contributed by atoms with Gasteiger partial charge in [0.05, 0.1) is 5.60 Å². The predicted molar refractivity (Wildman–Crippen MR) is 58.2 cm³/mol. The van der Waals surface area contributed by atoms with E-state index < -0.39 is 0 Å². The van der Waals surface area contributed by atoms with Gasteiger partial charge in [-0.25, -0.2) is 0 Å². The van der Waals surface area contributed by atoms with Crippen LogP contribution in [0, 0.1) is 5.92 Å². The van der Waals surface area contributed by atoms with E-state index in [0.29, 0.717) is 5.92 Å². The maximum Gasteiger partial charge on any atom is 0.0703 e. The molecule has 3 unspecified atom stereocenters. The van der Waals surface area contributed by atoms with Crippen molar-refractivity contribution < 1.29 is 5.11 Å². The molecule has 3 atom stereocenters. The van der Waals surface area contributed by atoms with Crippen molar-refractivity contribution in [2.75, 3.05) is 19.6 Å². The number of aliphatic hydroxyl groups is 1. The largest absolute Gasteiger partial charge is 0.389 e. The van der Waals surface area contributed by atoms with E-state index in [-0.39, 0.29) is 5.60 Å². The first-order chi connectivity index (χ1) is 6.74. The van der Waals surface area contributed by atoms with E-state index in [1.54, 1.807) is 0 Å². The van der Waals surface area contributed by atoms with Crippen LogP contribution in [0.4, 0.5) is 0 Å². The highest BCUT2D eigenvalue weighted by atomic mass is 16.3. The quantitative estimate of drug-likeness (QED) is 0.694. The summed E-state index contributed by atoms with van der Waals surface area (Å²) in [6.45, 7) is 7.18. The van der Waals surface area contributed by atoms with Gasteiger partial charge in [0, 0.05) is 19.0 Å². The van der Waals surface area contributed by atoms with Crippen molar-refractivity contribution >= 4 is 0 Å². The van der Waals surface area contributed by atoms with Crippen LogP contribution in [-0.4, -0.2) is 35.2 Å². The van der Waals surface area contributed by atoms with Gasteiger partial charge in [-0.1, -0.05) is 6.08 Å². The summed E-state index contributed by atoms with van der Waals surface area (Å²) in [7, 11) is 0. The fraction of sp³-hybridized carbons (Fsp3) is 0.833. The summed E-state index contributed by atoms with van der Waals surface area (Å²) in [5, 5.41) is 10.5. The molecule has 2 rings (SSSR count). The van der Waals surface area contributed by atoms with Gasteiger partial charge in [0.25, 0.3) is 0 Å². The lowest BCUT2D eigenvalue weighted by atomic mass is 9.74. The monoisotopic (exact) mass is 195 g/mol. The molecule has 1 N–H and O–H groups in total. The van der Waals surface area contributed by atoms with Crippen LogP contribution in [0.15, 0.2) is 12.7 Å². The third-order valence-electron chi connectivity index (χ3n) is 3.91. The summed E-state index contributed by atoms with van der Waals surface area (Å²) in [4.78, 5) is 2.50. The Balaban J connectivity index is 1.99. The van der Waals surface area contributed by atoms with Crippen LogP contribution in [0.3, 0.4) is 0 Å². The number of hydrogen-bond acceptors (Lipinski definition) is 2. The molecular formula is C12H21NO. The van der Waals surface area contributed by atoms with Crippen LogP contribution in [0.2, 0.25) is 0 Å². The molecule has 0 spiro atoms. The van der Waals surface area contributed by atoms with Crippen molar-refractivity contribution in [2.24, 2.45) is 5.92 Å². The first kappa shape index (κ1) is 10.2. The van der Waals surface area contributed by atoms with Gasteiger partial charge in [0.15, 0.2) is 0 Å². The Hall–Kier alpha value is -0.340. The van der Waals surface area contributed by atoms with Gasteiger partial charge in [-0.15, -0.1) is 6.58 Å². The second-order valence-corrected chi connectivity index (χ2v) is 4.82. The first-order valence-electron chi connectivity index (χ1n) is 5.80. The highest BCUT2D eigenvalue weighted by molar-refractivity contribution is 4.96. The zero-order chi connectivity index (χ0) is 10.0. The van der Waals surface area contributed by atoms with Gasteiger partial charge in [-0.3, -0.25) is 0 Å². The first-order valence-corrected chi connectivity index (χ1v) is 5.80. The molecule has 0 amide bonds. The van der Waals surface area contributed by atoms with Gasteiger partial charge in [0.2, 0.25) is 0 Å². The molecule has 2 heterocycles. The number of fused-ring (bicyclic) bond motifs is 2. The topological polar surface area (TPSA) is 23.5 Å². The van der Waals surface area contributed by atoms with Gasteiger partial charge < -0.3 is 10.0 Å². The molecule has 2 nitrogen and oxygen atoms in total. The summed E-state index contributed by atoms with van der Waals surface area (Å²) < 4.78 is 0. The fourth-order valence-electron chi connectivity index (χ4n) is 2.93. The van der Waals surface area contributed by atoms with Crippen LogP contribution in [-0.2, 0) is 0 Å². The minimum absolute atomic E-state index is 0.384. The number of rotatable bonds is 3. The highest BCUT2D eigenvalue weighted by Gasteiger charge is 2.41. The van der Waals surface area contributed by atoms with Gasteiger partial charge in [-0.2, -0.15) is 0 Å². The van der Waals surface area contributed by atoms with Crippen molar-refractivity contribution in [3.8, 4) is 0 Å². The lowest BCUT2D eigenvalue weighted by molar-refractivity contribution is -0.0941. The molecule has 2 aliphatic rings. The van der Waals surface area contributed by atoms with Gasteiger partial charge >= 0.3 is 0 Å². The Morgan fingerprint density at radius 1 is 1.50 bits per heavy atom. The SMILES string of the molecule is C=CCCC1(O)CCN2CCCC1C2. The summed E-state index contributed by atoms with van der Waals surface area (Å²) in [6, 6.07) is 0. The van der Waals surface area contributed by atoms with Crippen molar-refractivity contribution in [3.63, 3.8) is 0 Å². The van der Waals surface area contributed by atoms with Crippen molar-refractivity contribution in [1.29, 1.82) is 0 Å². The molecule has 0 aromatic heterocycles. The molecule has 2 aliphatic heterocycles. The van der Waals surface area contributed by atoms with E-state index in [1.165, 1.54) is 19.4 Å². The van der Waals surface area contributed by atoms with Crippen LogP contribution in [0.5, 0.6) is 0 Å². The molecule has 0 saturated carbocycles. The van der Waals surface area contributed by atoms with E-state index in [2.05, 4.69) is 11.5 Å². The average molecular weight is 195 g/mol. The zero-order valence-corrected chi connectivity index (χ0v) is 8.91. The van der Waals surface area contributed by atoms with Crippen LogP contribution >= 0.6 is 0 Å². The third-order valence-corrected chi connectivity index (χ3v) is 3.91. The van der Waals surface area contributed by atoms with Gasteiger partial charge in [0.1, 0.15) is 0 Å². The van der Waals surface area contributed by atoms with Crippen LogP contribution in [0.25, 0.3) is 0 Å². The lowest BCUT2D eigenvalue weighted by Gasteiger charge is -2.48. The maximum atomic E-state index is 10.5. The Bertz CT molecular complexity index is 216. The molecule has 0 aromatic rings. The normalized spacial score (nSPS) is 42.1. The fourth-order valence-corrected chi connectivity index (χ4v) is 2.93. The Kier molecular flexibility index (Phi) is 2.93. The highest BCUT2D eigenvalue weighted by Crippen LogP contribution is 2.37. The molecule has 0 aromatic carbocycles. The van der Waals surface area contributed by atoms with Gasteiger partial charge in [-0.05, 0) is 38.6 Å². The number of piperidine rings is 2. The Labute approximate surface area is 86.6 Å². The molecular weight excluding hydrogens is 174 g/mol. The molecule has 2 bridgehead atoms. The zero-order valence-electron chi connectivity index (χ0n) is 8.91. The van der Waals surface area contributed by atoms with E-state index in [1.807, 2.05) is 6.08 Å². The van der Waals surface area contributed by atoms with Crippen molar-refractivity contribution in [1.82, 2.24) is 4.90 Å². The Morgan fingerprint density at radius 2 is 2.36 bits per heavy atom. The lowest BCUT2D eigenvalue weighted by Crippen LogP contribution is -2.54. The van der Waals surface area contributed by atoms with E-state index in [0.717, 1.165) is 32.4 Å². The second kappa shape index (κ2) is 4.03. The summed E-state index contributed by atoms with van der Waals surface area (Å²) in [5.41, 5.74) is -0.384. The average Bonchev–Trinajstić information content (AvgIpc) is 2.23. The molecule has 80 valence electrons. The predicted octanol–water partition coefficient (Wildman–Crippen LogP) is 1.80. The minimum Gasteiger partial charge on any atom is -0.389 e. The van der Waals surface area contributed by atoms with E-state index in [9.17, 15) is 5.11 Å². The molecule has 2 fully saturated rings. The Morgan fingerprint density at radius 3 is 3.14 bits per heavy atom. The maximum absolute atomic E-state index is 10.5. The molecule has 0 aliphatic carbocycles. The minimum atomic E-state index is -0.384. The van der Waals surface area contributed by atoms with Crippen LogP contribution < -0.4 is 0 Å². The summed E-state index contributed by atoms with van der Waals surface area (Å²) in [6.07, 6.45) is 7.23. The molecule has 14 heavy (non-hydrogen) atoms. The van der Waals surface area contributed by atoms with E-state index >= 15 is 0 Å². The summed E-state index contributed by atoms with van der Waals surface area (Å²) >= 11 is 0. The summed E-state index contributed by atoms with van der Waals surface area (Å²) in [5.74, 6) is 0.518. The third kappa shape index (κ3) is 1.86. The standard InChI is InChI=1S/C12H21NO/c1-2-3-6-12(14)7-9-13-8-4-5-11(12)10-13/h2,11,14H,1,3-10H2. The number of nitrogens with zero attached hydrogens (tertiary/aromatic N) is 1. The molecule has 2 saturated heterocycles. The molecule has 0 radical (unpaired) electrons. The van der Waals surface area contributed by atoms with E-state index in [4.69, 9.17) is 0 Å². The van der Waals surface area contributed by atoms with Crippen molar-refractivity contribution in [2.45, 2.75) is 37.7 Å². The molecule has 2 heteroatoms. The van der Waals surface area contributed by atoms with Crippen LogP contribution in [0.1, 0.15) is 32.1 Å². The number of hydrogen-bond donors (Lipinski definition) is 1.